The van der Waals surface area contributed by atoms with Crippen molar-refractivity contribution in [3.63, 3.8) is 0 Å². The number of fused-ring (bicyclic) bond motifs is 1. The first-order valence-electron chi connectivity index (χ1n) is 29.3. The summed E-state index contributed by atoms with van der Waals surface area (Å²) >= 11 is 0.847. The van der Waals surface area contributed by atoms with E-state index in [0.717, 1.165) is 41.1 Å². The van der Waals surface area contributed by atoms with E-state index in [2.05, 4.69) is 25.1 Å². The largest absolute Gasteiger partial charge is 0.465 e. The summed E-state index contributed by atoms with van der Waals surface area (Å²) in [7, 11) is 0. The molecule has 1 heterocycles. The lowest BCUT2D eigenvalue weighted by molar-refractivity contribution is -0.152. The first-order valence-corrected chi connectivity index (χ1v) is 30.2. The van der Waals surface area contributed by atoms with Crippen molar-refractivity contribution in [2.75, 3.05) is 58.2 Å². The minimum atomic E-state index is -1.07. The molecule has 0 atom stereocenters. The molecule has 2 fully saturated rings. The molecule has 0 saturated heterocycles. The van der Waals surface area contributed by atoms with Crippen LogP contribution in [0.5, 0.6) is 23.0 Å². The highest BCUT2D eigenvalue weighted by Gasteiger charge is 2.37. The molecule has 3 aromatic rings. The number of carbonyl (C=O) groups excluding carboxylic acids is 12. The Morgan fingerprint density at radius 3 is 1.13 bits per heavy atom. The third-order valence-corrected chi connectivity index (χ3v) is 15.3. The van der Waals surface area contributed by atoms with Crippen LogP contribution in [0.15, 0.2) is 114 Å². The van der Waals surface area contributed by atoms with Crippen molar-refractivity contribution < 1.29 is 114 Å². The monoisotopic (exact) mass is 1290 g/mol. The normalized spacial score (nSPS) is 16.7. The number of esters is 12. The SMILES string of the molecule is C=CC(=O)OCCOC(=O)CCC(=O)OCCc1ccc(OC(=O)C2CCC(C(=O)Oc3ccc(OC(=O)C4CCC(C(=O)Oc5ccc(CCOC(=O)CCC(=O)OCCOC(=O)C=C)cc5)CC4)c4c3N/C(=C(/C#N)C(=O)OCCOC(=O)C=C)S4)CC2)cc1. The molecule has 92 heavy (non-hydrogen) atoms. The number of ether oxygens (including phenoxy) is 12. The summed E-state index contributed by atoms with van der Waals surface area (Å²) in [6, 6.07) is 17.9. The minimum absolute atomic E-state index is 0.00997. The first kappa shape index (κ1) is 71.0. The van der Waals surface area contributed by atoms with Crippen molar-refractivity contribution in [2.45, 2.75) is 94.8 Å². The number of nitriles is 1. The molecule has 0 unspecified atom stereocenters. The smallest absolute Gasteiger partial charge is 0.351 e. The lowest BCUT2D eigenvalue weighted by atomic mass is 9.82. The zero-order chi connectivity index (χ0) is 66.4. The Kier molecular flexibility index (Phi) is 28.7. The third kappa shape index (κ3) is 23.4. The summed E-state index contributed by atoms with van der Waals surface area (Å²) in [6.07, 6.45) is 5.01. The molecule has 26 nitrogen and oxygen atoms in total. The molecular formula is C65H68N2O24S. The van der Waals surface area contributed by atoms with Crippen LogP contribution in [0.3, 0.4) is 0 Å². The standard InChI is InChI=1S/C65H68N2O24S/c1-4-51(68)82-33-35-85-56(73)27-25-54(71)80-31-29-40-7-19-46(20-8-40)88-61(75)42-11-15-44(16-12-42)63(77)90-49-23-24-50(59-58(49)67-60(92-59)48(39-66)65(79)87-38-37-84-53(70)6-3)91-64(78)45-17-13-43(14-18-45)62(76)89-47-21-9-41(10-22-47)30-32-81-55(72)26-28-57(74)86-36-34-83-52(69)5-2/h4-10,19-24,42-45,67H,1-3,11-18,25-38H2/b60-48+. The van der Waals surface area contributed by atoms with E-state index in [1.165, 1.54) is 12.1 Å². The van der Waals surface area contributed by atoms with Gasteiger partial charge in [-0.1, -0.05) is 55.8 Å². The molecule has 3 aliphatic rings. The second kappa shape index (κ2) is 37.2. The van der Waals surface area contributed by atoms with Crippen LogP contribution in [0.2, 0.25) is 0 Å². The molecule has 2 saturated carbocycles. The molecular weight excluding hydrogens is 1220 g/mol. The molecule has 2 aliphatic carbocycles. The van der Waals surface area contributed by atoms with Crippen molar-refractivity contribution in [3.05, 3.63) is 120 Å². The van der Waals surface area contributed by atoms with Crippen LogP contribution < -0.4 is 24.3 Å². The Morgan fingerprint density at radius 2 is 0.761 bits per heavy atom. The Hall–Kier alpha value is -10.1. The number of carbonyl (C=O) groups is 12. The van der Waals surface area contributed by atoms with Gasteiger partial charge in [-0.2, -0.15) is 5.26 Å². The number of rotatable bonds is 33. The van der Waals surface area contributed by atoms with E-state index < -0.39 is 107 Å². The van der Waals surface area contributed by atoms with Gasteiger partial charge in [-0.25, -0.2) is 19.2 Å². The molecule has 6 rings (SSSR count). The molecule has 0 aromatic heterocycles. The number of hydrogen-bond acceptors (Lipinski definition) is 27. The summed E-state index contributed by atoms with van der Waals surface area (Å²) in [5.41, 5.74) is 1.17. The summed E-state index contributed by atoms with van der Waals surface area (Å²) in [5, 5.41) is 13.1. The van der Waals surface area contributed by atoms with E-state index >= 15 is 0 Å². The van der Waals surface area contributed by atoms with Gasteiger partial charge in [0.25, 0.3) is 0 Å². The fraction of sp³-hybridized carbons (Fsp3) is 0.400. The zero-order valence-electron chi connectivity index (χ0n) is 50.1. The second-order valence-corrected chi connectivity index (χ2v) is 21.5. The van der Waals surface area contributed by atoms with Crippen LogP contribution in [-0.2, 0) is 108 Å². The van der Waals surface area contributed by atoms with Crippen molar-refractivity contribution in [3.8, 4) is 29.1 Å². The maximum absolute atomic E-state index is 13.8. The maximum Gasteiger partial charge on any atom is 0.351 e. The van der Waals surface area contributed by atoms with E-state index in [9.17, 15) is 62.8 Å². The molecule has 488 valence electrons. The molecule has 0 spiro atoms. The Labute approximate surface area is 532 Å². The summed E-state index contributed by atoms with van der Waals surface area (Å²) in [5.74, 6) is -9.65. The highest BCUT2D eigenvalue weighted by molar-refractivity contribution is 8.04. The molecule has 0 radical (unpaired) electrons. The van der Waals surface area contributed by atoms with Gasteiger partial charge in [0.1, 0.15) is 73.7 Å². The van der Waals surface area contributed by atoms with Gasteiger partial charge in [-0.15, -0.1) is 0 Å². The third-order valence-electron chi connectivity index (χ3n) is 14.2. The number of thioether (sulfide) groups is 1. The lowest BCUT2D eigenvalue weighted by Crippen LogP contribution is -2.30. The van der Waals surface area contributed by atoms with Gasteiger partial charge in [0.05, 0.1) is 67.5 Å². The van der Waals surface area contributed by atoms with E-state index in [4.69, 9.17) is 56.8 Å². The van der Waals surface area contributed by atoms with Crippen LogP contribution in [0.1, 0.15) is 88.2 Å². The lowest BCUT2D eigenvalue weighted by Gasteiger charge is -2.26. The summed E-state index contributed by atoms with van der Waals surface area (Å²) in [4.78, 5) is 149. The summed E-state index contributed by atoms with van der Waals surface area (Å²) in [6.45, 7) is 8.54. The average molecular weight is 1290 g/mol. The van der Waals surface area contributed by atoms with Gasteiger partial charge < -0.3 is 62.2 Å². The number of nitrogens with one attached hydrogen (secondary N) is 1. The predicted octanol–water partition coefficient (Wildman–Crippen LogP) is 7.12. The molecule has 1 N–H and O–H groups in total. The Bertz CT molecular complexity index is 3110. The van der Waals surface area contributed by atoms with E-state index in [0.29, 0.717) is 38.5 Å². The second-order valence-electron chi connectivity index (χ2n) is 20.5. The molecule has 0 amide bonds. The Morgan fingerprint density at radius 1 is 0.435 bits per heavy atom. The molecule has 27 heteroatoms. The minimum Gasteiger partial charge on any atom is -0.465 e. The van der Waals surface area contributed by atoms with Crippen molar-refractivity contribution >= 4 is 89.1 Å². The van der Waals surface area contributed by atoms with E-state index in [-0.39, 0.29) is 136 Å². The summed E-state index contributed by atoms with van der Waals surface area (Å²) < 4.78 is 62.9. The Balaban J connectivity index is 0.968. The maximum atomic E-state index is 13.8. The number of hydrogen-bond donors (Lipinski definition) is 1. The van der Waals surface area contributed by atoms with Gasteiger partial charge >= 0.3 is 71.6 Å². The van der Waals surface area contributed by atoms with Crippen LogP contribution >= 0.6 is 11.8 Å². The van der Waals surface area contributed by atoms with Gasteiger partial charge in [-0.3, -0.25) is 38.4 Å². The van der Waals surface area contributed by atoms with Gasteiger partial charge in [0.15, 0.2) is 11.3 Å². The van der Waals surface area contributed by atoms with Gasteiger partial charge in [0, 0.05) is 31.1 Å². The molecule has 1 aliphatic heterocycles. The molecule has 3 aromatic carbocycles. The van der Waals surface area contributed by atoms with Crippen LogP contribution in [0, 0.1) is 35.0 Å². The van der Waals surface area contributed by atoms with Gasteiger partial charge in [0.2, 0.25) is 0 Å². The first-order chi connectivity index (χ1) is 44.4. The van der Waals surface area contributed by atoms with Crippen LogP contribution in [0.25, 0.3) is 0 Å². The fourth-order valence-corrected chi connectivity index (χ4v) is 10.3. The van der Waals surface area contributed by atoms with E-state index in [1.54, 1.807) is 48.5 Å². The van der Waals surface area contributed by atoms with Crippen molar-refractivity contribution in [1.82, 2.24) is 0 Å². The van der Waals surface area contributed by atoms with E-state index in [1.807, 2.05) is 6.07 Å². The fourth-order valence-electron chi connectivity index (χ4n) is 9.22. The van der Waals surface area contributed by atoms with Crippen molar-refractivity contribution in [2.24, 2.45) is 23.7 Å². The quantitative estimate of drug-likeness (QED) is 0.0158. The topological polar surface area (TPSA) is 351 Å². The highest BCUT2D eigenvalue weighted by Crippen LogP contribution is 2.52. The molecule has 0 bridgehead atoms. The highest BCUT2D eigenvalue weighted by atomic mass is 32.2. The number of anilines is 1. The van der Waals surface area contributed by atoms with Crippen LogP contribution in [0.4, 0.5) is 5.69 Å². The van der Waals surface area contributed by atoms with Crippen molar-refractivity contribution in [1.29, 1.82) is 5.26 Å². The number of nitrogens with zero attached hydrogens (tertiary/aromatic N) is 1. The van der Waals surface area contributed by atoms with Crippen LogP contribution in [-0.4, -0.2) is 124 Å². The van der Waals surface area contributed by atoms with Gasteiger partial charge in [-0.05, 0) is 98.9 Å². The average Bonchev–Trinajstić information content (AvgIpc) is 1.63. The zero-order valence-corrected chi connectivity index (χ0v) is 51.0. The number of benzene rings is 3. The predicted molar refractivity (Wildman–Crippen MR) is 319 cm³/mol.